The van der Waals surface area contributed by atoms with Crippen LogP contribution in [0.5, 0.6) is 0 Å². The van der Waals surface area contributed by atoms with Gasteiger partial charge in [0.1, 0.15) is 5.82 Å². The average molecular weight is 316 g/mol. The van der Waals surface area contributed by atoms with E-state index in [1.54, 1.807) is 11.3 Å². The van der Waals surface area contributed by atoms with Gasteiger partial charge in [-0.3, -0.25) is 4.90 Å². The van der Waals surface area contributed by atoms with Gasteiger partial charge >= 0.3 is 0 Å². The molecule has 0 aromatic carbocycles. The summed E-state index contributed by atoms with van der Waals surface area (Å²) in [4.78, 5) is 14.1. The molecule has 0 saturated carbocycles. The van der Waals surface area contributed by atoms with Crippen LogP contribution in [0.3, 0.4) is 0 Å². The van der Waals surface area contributed by atoms with Gasteiger partial charge in [0.2, 0.25) is 0 Å². The van der Waals surface area contributed by atoms with Crippen LogP contribution in [0.4, 0.5) is 5.82 Å². The Morgan fingerprint density at radius 3 is 2.91 bits per heavy atom. The predicted octanol–water partition coefficient (Wildman–Crippen LogP) is 3.26. The number of anilines is 1. The maximum atomic E-state index is 4.67. The molecule has 3 heterocycles. The monoisotopic (exact) mass is 316 g/mol. The van der Waals surface area contributed by atoms with Crippen molar-refractivity contribution in [3.63, 3.8) is 0 Å². The van der Waals surface area contributed by atoms with Gasteiger partial charge in [0.15, 0.2) is 0 Å². The lowest BCUT2D eigenvalue weighted by Crippen LogP contribution is -2.46. The van der Waals surface area contributed by atoms with E-state index in [1.807, 2.05) is 0 Å². The topological polar surface area (TPSA) is 32.3 Å². The van der Waals surface area contributed by atoms with Crippen molar-refractivity contribution in [1.29, 1.82) is 0 Å². The Morgan fingerprint density at radius 2 is 2.18 bits per heavy atom. The van der Waals surface area contributed by atoms with Crippen molar-refractivity contribution in [2.45, 2.75) is 39.3 Å². The van der Waals surface area contributed by atoms with Gasteiger partial charge in [-0.2, -0.15) is 0 Å². The summed E-state index contributed by atoms with van der Waals surface area (Å²) in [6.07, 6.45) is 2.47. The number of hydrogen-bond acceptors (Lipinski definition) is 5. The minimum atomic E-state index is 0.568. The molecular formula is C17H24N4S. The number of nitrogens with zero attached hydrogens (tertiary/aromatic N) is 4. The first kappa shape index (κ1) is 15.4. The Hall–Kier alpha value is -1.46. The Bertz CT molecular complexity index is 625. The number of aromatic nitrogens is 2. The Morgan fingerprint density at radius 1 is 1.32 bits per heavy atom. The zero-order chi connectivity index (χ0) is 15.5. The first-order chi connectivity index (χ1) is 10.6. The van der Waals surface area contributed by atoms with Gasteiger partial charge in [-0.1, -0.05) is 6.07 Å². The molecule has 0 unspecified atom stereocenters. The van der Waals surface area contributed by atoms with Gasteiger partial charge in [0, 0.05) is 36.8 Å². The van der Waals surface area contributed by atoms with E-state index in [-0.39, 0.29) is 0 Å². The number of hydrogen-bond donors (Lipinski definition) is 0. The molecule has 118 valence electrons. The highest BCUT2D eigenvalue weighted by molar-refractivity contribution is 7.09. The molecule has 1 saturated heterocycles. The van der Waals surface area contributed by atoms with Crippen LogP contribution in [-0.2, 0) is 6.54 Å². The molecule has 1 aliphatic rings. The molecule has 0 bridgehead atoms. The summed E-state index contributed by atoms with van der Waals surface area (Å²) >= 11 is 1.73. The van der Waals surface area contributed by atoms with Gasteiger partial charge < -0.3 is 4.90 Å². The van der Waals surface area contributed by atoms with Gasteiger partial charge in [-0.25, -0.2) is 9.97 Å². The molecule has 5 heteroatoms. The third kappa shape index (κ3) is 3.65. The number of rotatable bonds is 4. The molecule has 3 rings (SSSR count). The molecule has 1 aliphatic heterocycles. The fourth-order valence-corrected chi connectivity index (χ4v) is 3.70. The minimum Gasteiger partial charge on any atom is -0.355 e. The Kier molecular flexibility index (Phi) is 4.74. The zero-order valence-electron chi connectivity index (χ0n) is 13.6. The molecular weight excluding hydrogens is 292 g/mol. The van der Waals surface area contributed by atoms with Crippen LogP contribution < -0.4 is 4.90 Å². The number of thiazole rings is 1. The van der Waals surface area contributed by atoms with Crippen LogP contribution in [-0.4, -0.2) is 41.0 Å². The van der Waals surface area contributed by atoms with E-state index in [9.17, 15) is 0 Å². The standard InChI is InChI=1S/C17H24N4S/c1-13-6-4-8-17(18-13)21-9-5-7-16(11-21)20(3)10-15-12-22-14(2)19-15/h4,6,8,12,16H,5,7,9-11H2,1-3H3/t16-/m0/s1. The molecule has 0 N–H and O–H groups in total. The van der Waals surface area contributed by atoms with Crippen LogP contribution in [0.1, 0.15) is 29.2 Å². The van der Waals surface area contributed by atoms with Gasteiger partial charge in [-0.15, -0.1) is 11.3 Å². The van der Waals surface area contributed by atoms with E-state index in [1.165, 1.54) is 18.5 Å². The number of piperidine rings is 1. The maximum Gasteiger partial charge on any atom is 0.128 e. The van der Waals surface area contributed by atoms with E-state index >= 15 is 0 Å². The molecule has 0 aliphatic carbocycles. The predicted molar refractivity (Wildman–Crippen MR) is 92.5 cm³/mol. The smallest absolute Gasteiger partial charge is 0.128 e. The van der Waals surface area contributed by atoms with Gasteiger partial charge in [0.05, 0.1) is 10.7 Å². The van der Waals surface area contributed by atoms with Crippen LogP contribution >= 0.6 is 11.3 Å². The van der Waals surface area contributed by atoms with E-state index < -0.39 is 0 Å². The number of pyridine rings is 1. The maximum absolute atomic E-state index is 4.67. The highest BCUT2D eigenvalue weighted by atomic mass is 32.1. The second-order valence-electron chi connectivity index (χ2n) is 6.15. The molecule has 2 aromatic heterocycles. The van der Waals surface area contributed by atoms with Crippen molar-refractivity contribution < 1.29 is 0 Å². The summed E-state index contributed by atoms with van der Waals surface area (Å²) < 4.78 is 0. The number of aryl methyl sites for hydroxylation is 2. The van der Waals surface area contributed by atoms with Crippen LogP contribution in [0.2, 0.25) is 0 Å². The Labute approximate surface area is 136 Å². The van der Waals surface area contributed by atoms with E-state index in [0.29, 0.717) is 6.04 Å². The van der Waals surface area contributed by atoms with Crippen molar-refractivity contribution >= 4 is 17.2 Å². The quantitative estimate of drug-likeness (QED) is 0.867. The molecule has 4 nitrogen and oxygen atoms in total. The van der Waals surface area contributed by atoms with Crippen molar-refractivity contribution in [2.24, 2.45) is 0 Å². The Balaban J connectivity index is 1.64. The lowest BCUT2D eigenvalue weighted by Gasteiger charge is -2.38. The lowest BCUT2D eigenvalue weighted by atomic mass is 10.0. The average Bonchev–Trinajstić information content (AvgIpc) is 2.92. The summed E-state index contributed by atoms with van der Waals surface area (Å²) in [5, 5.41) is 3.33. The van der Waals surface area contributed by atoms with Crippen molar-refractivity contribution in [3.05, 3.63) is 40.0 Å². The fourth-order valence-electron chi connectivity index (χ4n) is 3.09. The molecule has 22 heavy (non-hydrogen) atoms. The summed E-state index contributed by atoms with van der Waals surface area (Å²) in [6.45, 7) is 7.22. The van der Waals surface area contributed by atoms with E-state index in [0.717, 1.165) is 36.2 Å². The first-order valence-corrected chi connectivity index (χ1v) is 8.79. The highest BCUT2D eigenvalue weighted by Crippen LogP contribution is 2.22. The molecule has 0 amide bonds. The van der Waals surface area contributed by atoms with E-state index in [2.05, 4.69) is 64.2 Å². The SMILES string of the molecule is Cc1cccc(N2CCC[C@H](N(C)Cc3csc(C)n3)C2)n1. The zero-order valence-corrected chi connectivity index (χ0v) is 14.4. The third-order valence-corrected chi connectivity index (χ3v) is 5.12. The highest BCUT2D eigenvalue weighted by Gasteiger charge is 2.24. The second kappa shape index (κ2) is 6.75. The van der Waals surface area contributed by atoms with Crippen LogP contribution in [0, 0.1) is 13.8 Å². The summed E-state index contributed by atoms with van der Waals surface area (Å²) in [5.41, 5.74) is 2.28. The molecule has 0 radical (unpaired) electrons. The van der Waals surface area contributed by atoms with Gasteiger partial charge in [-0.05, 0) is 45.9 Å². The molecule has 0 spiro atoms. The van der Waals surface area contributed by atoms with Crippen molar-refractivity contribution in [3.8, 4) is 0 Å². The normalized spacial score (nSPS) is 18.9. The second-order valence-corrected chi connectivity index (χ2v) is 7.21. The van der Waals surface area contributed by atoms with E-state index in [4.69, 9.17) is 0 Å². The largest absolute Gasteiger partial charge is 0.355 e. The summed E-state index contributed by atoms with van der Waals surface area (Å²) in [5.74, 6) is 1.11. The van der Waals surface area contributed by atoms with Gasteiger partial charge in [0.25, 0.3) is 0 Å². The summed E-state index contributed by atoms with van der Waals surface area (Å²) in [6, 6.07) is 6.85. The number of likely N-dealkylation sites (N-methyl/N-ethyl adjacent to an activating group) is 1. The molecule has 1 fully saturated rings. The third-order valence-electron chi connectivity index (χ3n) is 4.30. The fraction of sp³-hybridized carbons (Fsp3) is 0.529. The first-order valence-electron chi connectivity index (χ1n) is 7.91. The molecule has 1 atom stereocenters. The van der Waals surface area contributed by atoms with Crippen LogP contribution in [0.25, 0.3) is 0 Å². The van der Waals surface area contributed by atoms with Crippen molar-refractivity contribution in [2.75, 3.05) is 25.0 Å². The minimum absolute atomic E-state index is 0.568. The molecule has 2 aromatic rings. The van der Waals surface area contributed by atoms with Crippen LogP contribution in [0.15, 0.2) is 23.6 Å². The lowest BCUT2D eigenvalue weighted by molar-refractivity contribution is 0.205. The summed E-state index contributed by atoms with van der Waals surface area (Å²) in [7, 11) is 2.21. The van der Waals surface area contributed by atoms with Crippen molar-refractivity contribution in [1.82, 2.24) is 14.9 Å².